The highest BCUT2D eigenvalue weighted by Crippen LogP contribution is 2.12. The predicted octanol–water partition coefficient (Wildman–Crippen LogP) is 1.03. The van der Waals surface area contributed by atoms with Crippen molar-refractivity contribution in [3.8, 4) is 0 Å². The van der Waals surface area contributed by atoms with Crippen LogP contribution in [0, 0.1) is 0 Å². The zero-order chi connectivity index (χ0) is 14.5. The first-order valence-electron chi connectivity index (χ1n) is 5.93. The minimum absolute atomic E-state index is 0.0266. The standard InChI is InChI=1S/C14H11NO5/c16-11(10-4-2-1-3-5-10)6-9-14(19)20-15-12(17)7-8-13(15)18/h1-6,9H,7-8H2/b9-6+. The predicted molar refractivity (Wildman–Crippen MR) is 67.1 cm³/mol. The van der Waals surface area contributed by atoms with Crippen molar-refractivity contribution < 1.29 is 24.0 Å². The molecule has 102 valence electrons. The molecule has 0 saturated carbocycles. The normalized spacial score (nSPS) is 14.9. The molecular formula is C14H11NO5. The molecule has 0 bridgehead atoms. The first kappa shape index (κ1) is 13.7. The Bertz CT molecular complexity index is 575. The van der Waals surface area contributed by atoms with Crippen molar-refractivity contribution >= 4 is 23.6 Å². The Labute approximate surface area is 114 Å². The lowest BCUT2D eigenvalue weighted by Crippen LogP contribution is -2.31. The van der Waals surface area contributed by atoms with E-state index in [1.807, 2.05) is 0 Å². The van der Waals surface area contributed by atoms with Crippen LogP contribution >= 0.6 is 0 Å². The fourth-order valence-corrected chi connectivity index (χ4v) is 1.62. The summed E-state index contributed by atoms with van der Waals surface area (Å²) in [6, 6.07) is 8.36. The Hall–Kier alpha value is -2.76. The molecule has 2 amide bonds. The third kappa shape index (κ3) is 3.17. The molecule has 0 atom stereocenters. The maximum absolute atomic E-state index is 11.7. The molecule has 0 N–H and O–H groups in total. The number of benzene rings is 1. The summed E-state index contributed by atoms with van der Waals surface area (Å²) in [7, 11) is 0. The fraction of sp³-hybridized carbons (Fsp3) is 0.143. The van der Waals surface area contributed by atoms with Gasteiger partial charge < -0.3 is 4.84 Å². The molecule has 1 saturated heterocycles. The summed E-state index contributed by atoms with van der Waals surface area (Å²) in [5, 5.41) is 0.430. The third-order valence-electron chi connectivity index (χ3n) is 2.62. The van der Waals surface area contributed by atoms with Crippen molar-refractivity contribution in [3.05, 3.63) is 48.0 Å². The van der Waals surface area contributed by atoms with Crippen LogP contribution < -0.4 is 0 Å². The number of hydroxylamine groups is 2. The molecule has 20 heavy (non-hydrogen) atoms. The van der Waals surface area contributed by atoms with Crippen molar-refractivity contribution in [1.82, 2.24) is 5.06 Å². The number of hydrogen-bond acceptors (Lipinski definition) is 5. The van der Waals surface area contributed by atoms with E-state index in [1.54, 1.807) is 30.3 Å². The topological polar surface area (TPSA) is 80.8 Å². The number of rotatable bonds is 4. The quantitative estimate of drug-likeness (QED) is 0.465. The van der Waals surface area contributed by atoms with Gasteiger partial charge in [0, 0.05) is 24.5 Å². The Balaban J connectivity index is 1.94. The van der Waals surface area contributed by atoms with E-state index in [-0.39, 0.29) is 18.6 Å². The van der Waals surface area contributed by atoms with Crippen LogP contribution in [0.25, 0.3) is 0 Å². The summed E-state index contributed by atoms with van der Waals surface area (Å²) >= 11 is 0. The molecule has 6 heteroatoms. The molecule has 0 unspecified atom stereocenters. The van der Waals surface area contributed by atoms with Crippen molar-refractivity contribution in [2.24, 2.45) is 0 Å². The van der Waals surface area contributed by atoms with E-state index in [0.717, 1.165) is 12.2 Å². The van der Waals surface area contributed by atoms with Gasteiger partial charge in [-0.1, -0.05) is 30.3 Å². The second-order valence-electron chi connectivity index (χ2n) is 4.06. The molecule has 0 radical (unpaired) electrons. The van der Waals surface area contributed by atoms with Crippen LogP contribution in [-0.2, 0) is 19.2 Å². The average molecular weight is 273 g/mol. The van der Waals surface area contributed by atoms with E-state index in [1.165, 1.54) is 0 Å². The molecule has 0 aromatic heterocycles. The SMILES string of the molecule is O=C(/C=C/C(=O)c1ccccc1)ON1C(=O)CCC1=O. The number of amides is 2. The molecule has 6 nitrogen and oxygen atoms in total. The Morgan fingerprint density at radius 3 is 2.20 bits per heavy atom. The van der Waals surface area contributed by atoms with Crippen molar-refractivity contribution in [3.63, 3.8) is 0 Å². The number of carbonyl (C=O) groups excluding carboxylic acids is 4. The highest BCUT2D eigenvalue weighted by molar-refractivity contribution is 6.07. The van der Waals surface area contributed by atoms with E-state index in [0.29, 0.717) is 10.6 Å². The molecular weight excluding hydrogens is 262 g/mol. The molecule has 1 aliphatic rings. The van der Waals surface area contributed by atoms with Gasteiger partial charge in [0.1, 0.15) is 0 Å². The number of nitrogens with zero attached hydrogens (tertiary/aromatic N) is 1. The second kappa shape index (κ2) is 5.92. The number of hydrogen-bond donors (Lipinski definition) is 0. The van der Waals surface area contributed by atoms with Crippen molar-refractivity contribution in [2.75, 3.05) is 0 Å². The first-order valence-corrected chi connectivity index (χ1v) is 5.93. The Morgan fingerprint density at radius 2 is 1.60 bits per heavy atom. The van der Waals surface area contributed by atoms with E-state index >= 15 is 0 Å². The molecule has 1 heterocycles. The van der Waals surface area contributed by atoms with Crippen LogP contribution in [0.2, 0.25) is 0 Å². The average Bonchev–Trinajstić information content (AvgIpc) is 2.77. The van der Waals surface area contributed by atoms with Gasteiger partial charge in [0.25, 0.3) is 11.8 Å². The lowest BCUT2D eigenvalue weighted by atomic mass is 10.1. The van der Waals surface area contributed by atoms with E-state index < -0.39 is 17.8 Å². The first-order chi connectivity index (χ1) is 9.58. The summed E-state index contributed by atoms with van der Waals surface area (Å²) < 4.78 is 0. The minimum atomic E-state index is -0.946. The lowest BCUT2D eigenvalue weighted by Gasteiger charge is -2.10. The van der Waals surface area contributed by atoms with Crippen LogP contribution in [0.5, 0.6) is 0 Å². The number of carbonyl (C=O) groups is 4. The monoisotopic (exact) mass is 273 g/mol. The molecule has 2 rings (SSSR count). The summed E-state index contributed by atoms with van der Waals surface area (Å²) in [5.41, 5.74) is 0.421. The van der Waals surface area contributed by atoms with Gasteiger partial charge in [0.2, 0.25) is 0 Å². The highest BCUT2D eigenvalue weighted by Gasteiger charge is 2.32. The van der Waals surface area contributed by atoms with Gasteiger partial charge in [-0.15, -0.1) is 5.06 Å². The zero-order valence-electron chi connectivity index (χ0n) is 10.4. The molecule has 1 fully saturated rings. The number of imide groups is 1. The number of ketones is 1. The molecule has 0 aliphatic carbocycles. The number of allylic oxidation sites excluding steroid dienone is 1. The smallest absolute Gasteiger partial charge is 0.326 e. The largest absolute Gasteiger partial charge is 0.356 e. The van der Waals surface area contributed by atoms with Crippen LogP contribution in [0.4, 0.5) is 0 Å². The Kier molecular flexibility index (Phi) is 4.05. The van der Waals surface area contributed by atoms with Gasteiger partial charge >= 0.3 is 5.97 Å². The van der Waals surface area contributed by atoms with Gasteiger partial charge in [0.15, 0.2) is 5.78 Å². The van der Waals surface area contributed by atoms with Crippen LogP contribution in [-0.4, -0.2) is 28.6 Å². The second-order valence-corrected chi connectivity index (χ2v) is 4.06. The summed E-state index contributed by atoms with van der Waals surface area (Å²) in [4.78, 5) is 50.1. The van der Waals surface area contributed by atoms with Crippen LogP contribution in [0.3, 0.4) is 0 Å². The molecule has 1 aromatic carbocycles. The van der Waals surface area contributed by atoms with E-state index in [9.17, 15) is 19.2 Å². The molecule has 1 aromatic rings. The lowest BCUT2D eigenvalue weighted by molar-refractivity contribution is -0.193. The van der Waals surface area contributed by atoms with Crippen molar-refractivity contribution in [2.45, 2.75) is 12.8 Å². The third-order valence-corrected chi connectivity index (χ3v) is 2.62. The van der Waals surface area contributed by atoms with Crippen molar-refractivity contribution in [1.29, 1.82) is 0 Å². The summed E-state index contributed by atoms with van der Waals surface area (Å²) in [6.45, 7) is 0. The highest BCUT2D eigenvalue weighted by atomic mass is 16.7. The van der Waals surface area contributed by atoms with Gasteiger partial charge in [-0.2, -0.15) is 0 Å². The van der Waals surface area contributed by atoms with Gasteiger partial charge in [0.05, 0.1) is 0 Å². The summed E-state index contributed by atoms with van der Waals surface area (Å²) in [6.07, 6.45) is 1.97. The summed E-state index contributed by atoms with van der Waals surface area (Å²) in [5.74, 6) is -2.45. The van der Waals surface area contributed by atoms with Gasteiger partial charge in [-0.25, -0.2) is 4.79 Å². The molecule has 0 spiro atoms. The van der Waals surface area contributed by atoms with E-state index in [4.69, 9.17) is 0 Å². The van der Waals surface area contributed by atoms with Crippen LogP contribution in [0.15, 0.2) is 42.5 Å². The minimum Gasteiger partial charge on any atom is -0.326 e. The fourth-order valence-electron chi connectivity index (χ4n) is 1.62. The van der Waals surface area contributed by atoms with Gasteiger partial charge in [-0.05, 0) is 6.08 Å². The Morgan fingerprint density at radius 1 is 1.00 bits per heavy atom. The van der Waals surface area contributed by atoms with Gasteiger partial charge in [-0.3, -0.25) is 14.4 Å². The maximum Gasteiger partial charge on any atom is 0.356 e. The maximum atomic E-state index is 11.7. The molecule has 1 aliphatic heterocycles. The zero-order valence-corrected chi connectivity index (χ0v) is 10.4. The van der Waals surface area contributed by atoms with E-state index in [2.05, 4.69) is 4.84 Å². The van der Waals surface area contributed by atoms with Crippen LogP contribution in [0.1, 0.15) is 23.2 Å².